The summed E-state index contributed by atoms with van der Waals surface area (Å²) in [5, 5.41) is 3.43. The van der Waals surface area contributed by atoms with Crippen molar-refractivity contribution in [3.8, 4) is 0 Å². The minimum Gasteiger partial charge on any atom is -0.465 e. The molecule has 19 heavy (non-hydrogen) atoms. The number of methoxy groups -OCH3 is 1. The normalized spacial score (nSPS) is 19.1. The van der Waals surface area contributed by atoms with Crippen LogP contribution in [0.2, 0.25) is 0 Å². The zero-order valence-corrected chi connectivity index (χ0v) is 12.2. The van der Waals surface area contributed by atoms with Crippen molar-refractivity contribution in [2.75, 3.05) is 20.2 Å². The molecule has 1 aliphatic rings. The van der Waals surface area contributed by atoms with Crippen molar-refractivity contribution in [1.29, 1.82) is 0 Å². The van der Waals surface area contributed by atoms with E-state index in [2.05, 4.69) is 5.32 Å². The minimum absolute atomic E-state index is 0. The number of carbonyl (C=O) groups is 1. The summed E-state index contributed by atoms with van der Waals surface area (Å²) in [6.45, 7) is 2.28. The zero-order chi connectivity index (χ0) is 12.8. The summed E-state index contributed by atoms with van der Waals surface area (Å²) in [5.74, 6) is 0.504. The van der Waals surface area contributed by atoms with Crippen LogP contribution in [0.5, 0.6) is 0 Å². The molecule has 1 atom stereocenters. The van der Waals surface area contributed by atoms with Gasteiger partial charge in [0, 0.05) is 0 Å². The van der Waals surface area contributed by atoms with Crippen LogP contribution < -0.4 is 5.32 Å². The van der Waals surface area contributed by atoms with Crippen LogP contribution in [-0.4, -0.2) is 26.2 Å². The number of hydrogen-bond donors (Lipinski definition) is 1. The number of rotatable bonds is 3. The van der Waals surface area contributed by atoms with Crippen LogP contribution >= 0.6 is 12.4 Å². The molecule has 0 radical (unpaired) electrons. The molecule has 0 aromatic heterocycles. The van der Waals surface area contributed by atoms with E-state index >= 15 is 0 Å². The number of benzene rings is 1. The second-order valence-corrected chi connectivity index (χ2v) is 4.94. The van der Waals surface area contributed by atoms with E-state index in [9.17, 15) is 4.79 Å². The number of hydrogen-bond acceptors (Lipinski definition) is 3. The Hall–Kier alpha value is -1.06. The van der Waals surface area contributed by atoms with Crippen LogP contribution in [0.3, 0.4) is 0 Å². The first-order chi connectivity index (χ1) is 8.79. The van der Waals surface area contributed by atoms with Gasteiger partial charge >= 0.3 is 5.97 Å². The van der Waals surface area contributed by atoms with E-state index in [-0.39, 0.29) is 18.4 Å². The molecule has 1 aromatic carbocycles. The maximum absolute atomic E-state index is 11.3. The third-order valence-electron chi connectivity index (χ3n) is 3.59. The molecule has 1 aromatic rings. The summed E-state index contributed by atoms with van der Waals surface area (Å²) in [6.07, 6.45) is 4.93. The van der Waals surface area contributed by atoms with Crippen LogP contribution in [0, 0.1) is 5.92 Å². The van der Waals surface area contributed by atoms with Crippen LogP contribution in [0.1, 0.15) is 35.2 Å². The number of esters is 1. The summed E-state index contributed by atoms with van der Waals surface area (Å²) in [7, 11) is 1.41. The largest absolute Gasteiger partial charge is 0.465 e. The molecule has 0 spiro atoms. The quantitative estimate of drug-likeness (QED) is 0.867. The molecule has 4 heteroatoms. The topological polar surface area (TPSA) is 38.3 Å². The van der Waals surface area contributed by atoms with Crippen molar-refractivity contribution in [3.63, 3.8) is 0 Å². The molecule has 106 valence electrons. The highest BCUT2D eigenvalue weighted by molar-refractivity contribution is 5.89. The summed E-state index contributed by atoms with van der Waals surface area (Å²) < 4.78 is 4.70. The van der Waals surface area contributed by atoms with E-state index < -0.39 is 0 Å². The Morgan fingerprint density at radius 3 is 2.68 bits per heavy atom. The number of nitrogens with one attached hydrogen (secondary N) is 1. The summed E-state index contributed by atoms with van der Waals surface area (Å²) in [6, 6.07) is 7.81. The third-order valence-corrected chi connectivity index (χ3v) is 3.59. The predicted molar refractivity (Wildman–Crippen MR) is 78.9 cm³/mol. The lowest BCUT2D eigenvalue weighted by Crippen LogP contribution is -2.14. The predicted octanol–water partition coefficient (Wildman–Crippen LogP) is 2.83. The van der Waals surface area contributed by atoms with E-state index in [1.165, 1.54) is 31.9 Å². The first-order valence-corrected chi connectivity index (χ1v) is 6.67. The van der Waals surface area contributed by atoms with Gasteiger partial charge in [-0.25, -0.2) is 4.79 Å². The van der Waals surface area contributed by atoms with Gasteiger partial charge in [0.15, 0.2) is 0 Å². The zero-order valence-electron chi connectivity index (χ0n) is 11.4. The molecular weight excluding hydrogens is 262 g/mol. The summed E-state index contributed by atoms with van der Waals surface area (Å²) >= 11 is 0. The average Bonchev–Trinajstić information content (AvgIpc) is 2.67. The summed E-state index contributed by atoms with van der Waals surface area (Å²) in [5.41, 5.74) is 1.94. The lowest BCUT2D eigenvalue weighted by atomic mass is 9.92. The van der Waals surface area contributed by atoms with Crippen molar-refractivity contribution >= 4 is 18.4 Å². The molecule has 1 fully saturated rings. The van der Waals surface area contributed by atoms with E-state index in [1.807, 2.05) is 24.3 Å². The van der Waals surface area contributed by atoms with Gasteiger partial charge in [0.25, 0.3) is 0 Å². The Balaban J connectivity index is 0.00000180. The van der Waals surface area contributed by atoms with Gasteiger partial charge in [-0.15, -0.1) is 12.4 Å². The van der Waals surface area contributed by atoms with Crippen LogP contribution in [-0.2, 0) is 11.2 Å². The Bertz CT molecular complexity index is 384. The van der Waals surface area contributed by atoms with Gasteiger partial charge in [-0.1, -0.05) is 12.1 Å². The molecule has 0 aliphatic carbocycles. The standard InChI is InChI=1S/C15H21NO2.ClH/c1-18-15(17)14-6-4-13(5-7-14)11-12-3-2-9-16-10-8-12;/h4-7,12,16H,2-3,8-11H2,1H3;1H. The maximum Gasteiger partial charge on any atom is 0.337 e. The van der Waals surface area contributed by atoms with Crippen molar-refractivity contribution in [2.45, 2.75) is 25.7 Å². The fourth-order valence-electron chi connectivity index (χ4n) is 2.52. The first-order valence-electron chi connectivity index (χ1n) is 6.67. The van der Waals surface area contributed by atoms with Gasteiger partial charge in [-0.2, -0.15) is 0 Å². The Labute approximate surface area is 121 Å². The van der Waals surface area contributed by atoms with Crippen molar-refractivity contribution in [3.05, 3.63) is 35.4 Å². The monoisotopic (exact) mass is 283 g/mol. The van der Waals surface area contributed by atoms with Gasteiger partial charge in [-0.3, -0.25) is 0 Å². The van der Waals surface area contributed by atoms with Gasteiger partial charge < -0.3 is 10.1 Å². The highest BCUT2D eigenvalue weighted by Crippen LogP contribution is 2.19. The molecule has 0 saturated carbocycles. The van der Waals surface area contributed by atoms with Crippen molar-refractivity contribution in [2.24, 2.45) is 5.92 Å². The van der Waals surface area contributed by atoms with Crippen molar-refractivity contribution in [1.82, 2.24) is 5.32 Å². The van der Waals surface area contributed by atoms with Gasteiger partial charge in [0.2, 0.25) is 0 Å². The molecule has 0 bridgehead atoms. The molecule has 1 N–H and O–H groups in total. The summed E-state index contributed by atoms with van der Waals surface area (Å²) in [4.78, 5) is 11.3. The van der Waals surface area contributed by atoms with Gasteiger partial charge in [0.05, 0.1) is 12.7 Å². The second kappa shape index (κ2) is 8.18. The second-order valence-electron chi connectivity index (χ2n) is 4.94. The first kappa shape index (κ1) is 16.0. The molecule has 2 rings (SSSR count). The van der Waals surface area contributed by atoms with Crippen LogP contribution in [0.4, 0.5) is 0 Å². The molecule has 1 saturated heterocycles. The van der Waals surface area contributed by atoms with Crippen LogP contribution in [0.15, 0.2) is 24.3 Å². The van der Waals surface area contributed by atoms with Crippen LogP contribution in [0.25, 0.3) is 0 Å². The van der Waals surface area contributed by atoms with Gasteiger partial charge in [-0.05, 0) is 62.4 Å². The fourth-order valence-corrected chi connectivity index (χ4v) is 2.52. The highest BCUT2D eigenvalue weighted by Gasteiger charge is 2.13. The van der Waals surface area contributed by atoms with E-state index in [0.29, 0.717) is 5.56 Å². The molecule has 1 heterocycles. The lowest BCUT2D eigenvalue weighted by molar-refractivity contribution is 0.0600. The number of ether oxygens (including phenoxy) is 1. The SMILES string of the molecule is COC(=O)c1ccc(CC2CCCNCC2)cc1.Cl. The molecule has 1 aliphatic heterocycles. The molecule has 3 nitrogen and oxygen atoms in total. The Morgan fingerprint density at radius 2 is 2.00 bits per heavy atom. The Kier molecular flexibility index (Phi) is 6.89. The molecule has 1 unspecified atom stereocenters. The van der Waals surface area contributed by atoms with E-state index in [1.54, 1.807) is 0 Å². The average molecular weight is 284 g/mol. The molecular formula is C15H22ClNO2. The fraction of sp³-hybridized carbons (Fsp3) is 0.533. The van der Waals surface area contributed by atoms with Crippen molar-refractivity contribution < 1.29 is 9.53 Å². The maximum atomic E-state index is 11.3. The van der Waals surface area contributed by atoms with E-state index in [0.717, 1.165) is 25.4 Å². The Morgan fingerprint density at radius 1 is 1.26 bits per heavy atom. The number of carbonyl (C=O) groups excluding carboxylic acids is 1. The third kappa shape index (κ3) is 4.84. The number of halogens is 1. The highest BCUT2D eigenvalue weighted by atomic mass is 35.5. The smallest absolute Gasteiger partial charge is 0.337 e. The van der Waals surface area contributed by atoms with E-state index in [4.69, 9.17) is 4.74 Å². The van der Waals surface area contributed by atoms with Gasteiger partial charge in [0.1, 0.15) is 0 Å². The molecule has 0 amide bonds. The minimum atomic E-state index is -0.264. The lowest BCUT2D eigenvalue weighted by Gasteiger charge is -2.13.